The molecular formula is C15H22N2O. The Hall–Kier alpha value is -0.900. The lowest BCUT2D eigenvalue weighted by Gasteiger charge is -2.31. The normalized spacial score (nSPS) is 31.2. The lowest BCUT2D eigenvalue weighted by atomic mass is 9.79. The molecule has 1 aromatic rings. The summed E-state index contributed by atoms with van der Waals surface area (Å²) in [6.07, 6.45) is 3.84. The molecule has 1 aliphatic heterocycles. The Morgan fingerprint density at radius 2 is 1.94 bits per heavy atom. The van der Waals surface area contributed by atoms with E-state index in [0.717, 1.165) is 11.8 Å². The first-order valence-electron chi connectivity index (χ1n) is 7.04. The molecule has 0 bridgehead atoms. The highest BCUT2D eigenvalue weighted by Gasteiger charge is 2.33. The number of rotatable bonds is 4. The van der Waals surface area contributed by atoms with Gasteiger partial charge in [0.1, 0.15) is 0 Å². The van der Waals surface area contributed by atoms with Crippen LogP contribution in [0.1, 0.15) is 24.8 Å². The van der Waals surface area contributed by atoms with Gasteiger partial charge in [0, 0.05) is 6.04 Å². The van der Waals surface area contributed by atoms with E-state index in [1.54, 1.807) is 0 Å². The highest BCUT2D eigenvalue weighted by atomic mass is 16.6. The summed E-state index contributed by atoms with van der Waals surface area (Å²) in [6.45, 7) is 3.08. The zero-order chi connectivity index (χ0) is 12.2. The number of hydroxylamine groups is 1. The lowest BCUT2D eigenvalue weighted by Crippen LogP contribution is -2.37. The first-order valence-corrected chi connectivity index (χ1v) is 7.04. The van der Waals surface area contributed by atoms with Crippen LogP contribution in [0.25, 0.3) is 0 Å². The molecule has 98 valence electrons. The molecule has 0 radical (unpaired) electrons. The van der Waals surface area contributed by atoms with Crippen LogP contribution in [0.5, 0.6) is 0 Å². The summed E-state index contributed by atoms with van der Waals surface area (Å²) in [7, 11) is 0. The second-order valence-electron chi connectivity index (χ2n) is 5.58. The molecule has 3 nitrogen and oxygen atoms in total. The molecule has 0 amide bonds. The first kappa shape index (κ1) is 12.2. The fourth-order valence-corrected chi connectivity index (χ4v) is 3.22. The van der Waals surface area contributed by atoms with Crippen molar-refractivity contribution in [1.82, 2.24) is 10.8 Å². The van der Waals surface area contributed by atoms with Gasteiger partial charge in [0.2, 0.25) is 0 Å². The van der Waals surface area contributed by atoms with Crippen LogP contribution in [0.4, 0.5) is 0 Å². The molecule has 1 saturated carbocycles. The van der Waals surface area contributed by atoms with E-state index in [0.29, 0.717) is 12.6 Å². The maximum atomic E-state index is 5.64. The van der Waals surface area contributed by atoms with Crippen molar-refractivity contribution in [2.45, 2.75) is 31.9 Å². The Morgan fingerprint density at radius 3 is 2.83 bits per heavy atom. The quantitative estimate of drug-likeness (QED) is 0.798. The van der Waals surface area contributed by atoms with Crippen LogP contribution < -0.4 is 10.8 Å². The van der Waals surface area contributed by atoms with Gasteiger partial charge in [0.05, 0.1) is 6.61 Å². The average Bonchev–Trinajstić information content (AvgIpc) is 2.87. The number of hydrogen-bond donors (Lipinski definition) is 2. The summed E-state index contributed by atoms with van der Waals surface area (Å²) in [4.78, 5) is 5.64. The molecule has 1 aromatic carbocycles. The third-order valence-electron chi connectivity index (χ3n) is 4.28. The SMILES string of the molecule is c1ccc(CONC2CCC3CNCC3C2)cc1. The van der Waals surface area contributed by atoms with Crippen LogP contribution in [0.3, 0.4) is 0 Å². The maximum absolute atomic E-state index is 5.64. The van der Waals surface area contributed by atoms with E-state index < -0.39 is 0 Å². The summed E-state index contributed by atoms with van der Waals surface area (Å²) >= 11 is 0. The second kappa shape index (κ2) is 5.83. The monoisotopic (exact) mass is 246 g/mol. The molecule has 0 spiro atoms. The third-order valence-corrected chi connectivity index (χ3v) is 4.28. The maximum Gasteiger partial charge on any atom is 0.0933 e. The zero-order valence-electron chi connectivity index (χ0n) is 10.8. The minimum absolute atomic E-state index is 0.537. The van der Waals surface area contributed by atoms with Crippen LogP contribution in [-0.2, 0) is 11.4 Å². The zero-order valence-corrected chi connectivity index (χ0v) is 10.8. The van der Waals surface area contributed by atoms with Crippen molar-refractivity contribution in [2.75, 3.05) is 13.1 Å². The first-order chi connectivity index (χ1) is 8.92. The molecule has 2 N–H and O–H groups in total. The minimum atomic E-state index is 0.537. The van der Waals surface area contributed by atoms with Crippen molar-refractivity contribution in [3.8, 4) is 0 Å². The minimum Gasteiger partial charge on any atom is -0.316 e. The summed E-state index contributed by atoms with van der Waals surface area (Å²) < 4.78 is 0. The van der Waals surface area contributed by atoms with Crippen LogP contribution in [0.15, 0.2) is 30.3 Å². The van der Waals surface area contributed by atoms with Crippen molar-refractivity contribution in [3.63, 3.8) is 0 Å². The molecular weight excluding hydrogens is 224 g/mol. The number of fused-ring (bicyclic) bond motifs is 1. The van der Waals surface area contributed by atoms with Crippen molar-refractivity contribution < 1.29 is 4.84 Å². The van der Waals surface area contributed by atoms with Crippen LogP contribution in [0.2, 0.25) is 0 Å². The largest absolute Gasteiger partial charge is 0.316 e. The summed E-state index contributed by atoms with van der Waals surface area (Å²) in [5.74, 6) is 1.77. The van der Waals surface area contributed by atoms with E-state index in [9.17, 15) is 0 Å². The summed E-state index contributed by atoms with van der Waals surface area (Å²) in [5.41, 5.74) is 4.48. The molecule has 3 atom stereocenters. The molecule has 2 fully saturated rings. The van der Waals surface area contributed by atoms with Crippen LogP contribution in [0, 0.1) is 11.8 Å². The van der Waals surface area contributed by atoms with Crippen LogP contribution in [-0.4, -0.2) is 19.1 Å². The average molecular weight is 246 g/mol. The second-order valence-corrected chi connectivity index (χ2v) is 5.58. The predicted octanol–water partition coefficient (Wildman–Crippen LogP) is 2.10. The Balaban J connectivity index is 1.41. The van der Waals surface area contributed by atoms with E-state index in [4.69, 9.17) is 4.84 Å². The van der Waals surface area contributed by atoms with Crippen molar-refractivity contribution >= 4 is 0 Å². The van der Waals surface area contributed by atoms with E-state index in [1.165, 1.54) is 37.9 Å². The molecule has 1 saturated heterocycles. The standard InChI is InChI=1S/C15H22N2O/c1-2-4-12(5-3-1)11-18-17-15-7-6-13-9-16-10-14(13)8-15/h1-5,13-17H,6-11H2. The van der Waals surface area contributed by atoms with Gasteiger partial charge in [0.15, 0.2) is 0 Å². The van der Waals surface area contributed by atoms with Crippen molar-refractivity contribution in [2.24, 2.45) is 11.8 Å². The Bertz CT molecular complexity index is 368. The van der Waals surface area contributed by atoms with Gasteiger partial charge >= 0.3 is 0 Å². The van der Waals surface area contributed by atoms with Gasteiger partial charge < -0.3 is 5.32 Å². The van der Waals surface area contributed by atoms with Gasteiger partial charge in [-0.2, -0.15) is 5.48 Å². The fourth-order valence-electron chi connectivity index (χ4n) is 3.22. The predicted molar refractivity (Wildman–Crippen MR) is 71.9 cm³/mol. The van der Waals surface area contributed by atoms with Crippen molar-refractivity contribution in [3.05, 3.63) is 35.9 Å². The smallest absolute Gasteiger partial charge is 0.0933 e. The van der Waals surface area contributed by atoms with E-state index in [2.05, 4.69) is 22.9 Å². The highest BCUT2D eigenvalue weighted by molar-refractivity contribution is 5.13. The summed E-state index contributed by atoms with van der Waals surface area (Å²) in [6, 6.07) is 10.9. The molecule has 1 heterocycles. The number of benzene rings is 1. The highest BCUT2D eigenvalue weighted by Crippen LogP contribution is 2.32. The Kier molecular flexibility index (Phi) is 3.93. The van der Waals surface area contributed by atoms with Gasteiger partial charge in [0.25, 0.3) is 0 Å². The molecule has 18 heavy (non-hydrogen) atoms. The van der Waals surface area contributed by atoms with E-state index in [-0.39, 0.29) is 0 Å². The molecule has 1 aliphatic carbocycles. The van der Waals surface area contributed by atoms with E-state index >= 15 is 0 Å². The van der Waals surface area contributed by atoms with Crippen LogP contribution >= 0.6 is 0 Å². The molecule has 3 unspecified atom stereocenters. The Labute approximate surface area is 109 Å². The third kappa shape index (κ3) is 2.91. The van der Waals surface area contributed by atoms with E-state index in [1.807, 2.05) is 18.2 Å². The van der Waals surface area contributed by atoms with Gasteiger partial charge in [-0.25, -0.2) is 0 Å². The number of hydrogen-bond acceptors (Lipinski definition) is 3. The molecule has 2 aliphatic rings. The van der Waals surface area contributed by atoms with Gasteiger partial charge in [-0.3, -0.25) is 4.84 Å². The topological polar surface area (TPSA) is 33.3 Å². The van der Waals surface area contributed by atoms with Crippen molar-refractivity contribution in [1.29, 1.82) is 0 Å². The van der Waals surface area contributed by atoms with Gasteiger partial charge in [-0.05, 0) is 49.8 Å². The van der Waals surface area contributed by atoms with Gasteiger partial charge in [-0.15, -0.1) is 0 Å². The fraction of sp³-hybridized carbons (Fsp3) is 0.600. The van der Waals surface area contributed by atoms with Gasteiger partial charge in [-0.1, -0.05) is 30.3 Å². The Morgan fingerprint density at radius 1 is 1.11 bits per heavy atom. The molecule has 3 heteroatoms. The molecule has 0 aromatic heterocycles. The molecule has 3 rings (SSSR count). The summed E-state index contributed by atoms with van der Waals surface area (Å²) in [5, 5.41) is 3.50. The number of nitrogens with one attached hydrogen (secondary N) is 2. The lowest BCUT2D eigenvalue weighted by molar-refractivity contribution is -0.0127.